The molecule has 0 bridgehead atoms. The minimum absolute atomic E-state index is 0.211. The van der Waals surface area contributed by atoms with Crippen LogP contribution in [0.15, 0.2) is 17.9 Å². The van der Waals surface area contributed by atoms with Crippen molar-refractivity contribution in [3.63, 3.8) is 0 Å². The van der Waals surface area contributed by atoms with E-state index in [0.29, 0.717) is 16.6 Å². The molecule has 0 amide bonds. The Balaban J connectivity index is 5.36. The Morgan fingerprint density at radius 3 is 1.64 bits per heavy atom. The largest absolute Gasteiger partial charge is 0.468 e. The molecule has 0 aliphatic carbocycles. The fraction of sp³-hybridized carbons (Fsp3) is 0.750. The van der Waals surface area contributed by atoms with Crippen molar-refractivity contribution in [2.24, 2.45) is 5.41 Å². The molecule has 0 aromatic rings. The van der Waals surface area contributed by atoms with Crippen LogP contribution in [0.5, 0.6) is 0 Å². The standard InChI is InChI=1S/C20H36O4Si/c1-15(2)25(16(3)4,17(5)6)14-12-10-11-13-20(7,18(21)23-8)19(22)24-9/h11-12,15-17H,13-14H2,1-9H3. The van der Waals surface area contributed by atoms with Crippen molar-refractivity contribution in [2.45, 2.75) is 77.6 Å². The van der Waals surface area contributed by atoms with Crippen LogP contribution >= 0.6 is 0 Å². The molecule has 5 heteroatoms. The molecule has 144 valence electrons. The Hall–Kier alpha value is -1.32. The monoisotopic (exact) mass is 368 g/mol. The predicted octanol–water partition coefficient (Wildman–Crippen LogP) is 5.12. The second kappa shape index (κ2) is 9.98. The highest BCUT2D eigenvalue weighted by atomic mass is 28.3. The van der Waals surface area contributed by atoms with Crippen molar-refractivity contribution >= 4 is 20.0 Å². The van der Waals surface area contributed by atoms with Gasteiger partial charge in [0.25, 0.3) is 0 Å². The average Bonchev–Trinajstić information content (AvgIpc) is 2.54. The number of hydrogen-bond acceptors (Lipinski definition) is 4. The minimum Gasteiger partial charge on any atom is -0.468 e. The maximum absolute atomic E-state index is 12.0. The lowest BCUT2D eigenvalue weighted by molar-refractivity contribution is -0.167. The molecule has 0 aromatic carbocycles. The van der Waals surface area contributed by atoms with Crippen LogP contribution in [0.25, 0.3) is 0 Å². The van der Waals surface area contributed by atoms with Gasteiger partial charge in [0.05, 0.1) is 22.3 Å². The second-order valence-corrected chi connectivity index (χ2v) is 14.0. The maximum Gasteiger partial charge on any atom is 0.323 e. The molecule has 0 aliphatic heterocycles. The summed E-state index contributed by atoms with van der Waals surface area (Å²) >= 11 is 0. The molecule has 0 rings (SSSR count). The van der Waals surface area contributed by atoms with Gasteiger partial charge in [-0.15, -0.1) is 5.73 Å². The zero-order valence-electron chi connectivity index (χ0n) is 17.4. The molecule has 0 radical (unpaired) electrons. The molecule has 0 heterocycles. The van der Waals surface area contributed by atoms with Crippen LogP contribution in [-0.2, 0) is 19.1 Å². The summed E-state index contributed by atoms with van der Waals surface area (Å²) in [6.45, 7) is 15.5. The van der Waals surface area contributed by atoms with E-state index in [2.05, 4.69) is 53.3 Å². The van der Waals surface area contributed by atoms with Crippen LogP contribution in [0.1, 0.15) is 54.9 Å². The van der Waals surface area contributed by atoms with E-state index in [0.717, 1.165) is 6.04 Å². The molecule has 0 saturated heterocycles. The number of ether oxygens (including phenoxy) is 2. The normalized spacial score (nSPS) is 12.2. The van der Waals surface area contributed by atoms with Gasteiger partial charge in [-0.1, -0.05) is 58.2 Å². The van der Waals surface area contributed by atoms with Gasteiger partial charge in [0.2, 0.25) is 0 Å². The van der Waals surface area contributed by atoms with Crippen molar-refractivity contribution < 1.29 is 19.1 Å². The van der Waals surface area contributed by atoms with Crippen LogP contribution in [0, 0.1) is 5.41 Å². The molecule has 0 aromatic heterocycles. The number of rotatable bonds is 9. The highest BCUT2D eigenvalue weighted by molar-refractivity contribution is 6.83. The summed E-state index contributed by atoms with van der Waals surface area (Å²) in [5.41, 5.74) is 3.91. The van der Waals surface area contributed by atoms with E-state index in [1.165, 1.54) is 21.1 Å². The summed E-state index contributed by atoms with van der Waals surface area (Å²) in [5.74, 6) is -1.18. The molecular weight excluding hydrogens is 332 g/mol. The molecule has 25 heavy (non-hydrogen) atoms. The number of hydrogen-bond donors (Lipinski definition) is 0. The third-order valence-corrected chi connectivity index (χ3v) is 13.1. The van der Waals surface area contributed by atoms with Gasteiger partial charge in [-0.25, -0.2) is 0 Å². The van der Waals surface area contributed by atoms with Crippen LogP contribution in [0.2, 0.25) is 22.7 Å². The molecule has 0 N–H and O–H groups in total. The van der Waals surface area contributed by atoms with Gasteiger partial charge < -0.3 is 9.47 Å². The quantitative estimate of drug-likeness (QED) is 0.245. The Morgan fingerprint density at radius 1 is 0.920 bits per heavy atom. The lowest BCUT2D eigenvalue weighted by Gasteiger charge is -2.42. The van der Waals surface area contributed by atoms with Gasteiger partial charge >= 0.3 is 11.9 Å². The Labute approximate surface area is 154 Å². The Bertz CT molecular complexity index is 476. The molecule has 0 saturated carbocycles. The fourth-order valence-corrected chi connectivity index (χ4v) is 9.88. The van der Waals surface area contributed by atoms with Gasteiger partial charge in [0, 0.05) is 0 Å². The molecule has 4 nitrogen and oxygen atoms in total. The molecule has 0 aliphatic rings. The van der Waals surface area contributed by atoms with Crippen molar-refractivity contribution in [3.05, 3.63) is 17.9 Å². The number of carbonyl (C=O) groups excluding carboxylic acids is 2. The van der Waals surface area contributed by atoms with E-state index in [1.807, 2.05) is 0 Å². The minimum atomic E-state index is -1.50. The number of carbonyl (C=O) groups is 2. The van der Waals surface area contributed by atoms with E-state index in [1.54, 1.807) is 6.08 Å². The van der Waals surface area contributed by atoms with Crippen LogP contribution < -0.4 is 0 Å². The molecule has 0 fully saturated rings. The first-order valence-corrected chi connectivity index (χ1v) is 11.5. The summed E-state index contributed by atoms with van der Waals surface area (Å²) in [4.78, 5) is 23.9. The SMILES string of the molecule is COC(=O)C(C)(CC=C=CC[Si](C(C)C)(C(C)C)C(C)C)C(=O)OC. The van der Waals surface area contributed by atoms with Crippen LogP contribution in [-0.4, -0.2) is 34.2 Å². The molecular formula is C20H36O4Si. The molecule has 0 atom stereocenters. The van der Waals surface area contributed by atoms with Gasteiger partial charge in [0.15, 0.2) is 5.41 Å². The average molecular weight is 369 g/mol. The lowest BCUT2D eigenvalue weighted by Crippen LogP contribution is -2.43. The summed E-state index contributed by atoms with van der Waals surface area (Å²) in [6.07, 6.45) is 4.04. The van der Waals surface area contributed by atoms with E-state index < -0.39 is 25.4 Å². The molecule has 0 unspecified atom stereocenters. The Kier molecular flexibility index (Phi) is 9.45. The van der Waals surface area contributed by atoms with Crippen LogP contribution in [0.3, 0.4) is 0 Å². The number of esters is 2. The summed E-state index contributed by atoms with van der Waals surface area (Å²) < 4.78 is 9.51. The topological polar surface area (TPSA) is 52.6 Å². The zero-order valence-corrected chi connectivity index (χ0v) is 18.4. The summed E-state index contributed by atoms with van der Waals surface area (Å²) in [5, 5.41) is 0. The zero-order chi connectivity index (χ0) is 19.8. The first kappa shape index (κ1) is 23.7. The van der Waals surface area contributed by atoms with E-state index >= 15 is 0 Å². The van der Waals surface area contributed by atoms with Gasteiger partial charge in [-0.05, 0) is 31.5 Å². The van der Waals surface area contributed by atoms with Crippen molar-refractivity contribution in [1.82, 2.24) is 0 Å². The third kappa shape index (κ3) is 5.32. The first-order valence-electron chi connectivity index (χ1n) is 9.06. The second-order valence-electron chi connectivity index (χ2n) is 7.87. The number of allylic oxidation sites excluding steroid dienone is 1. The van der Waals surface area contributed by atoms with Crippen molar-refractivity contribution in [3.8, 4) is 0 Å². The van der Waals surface area contributed by atoms with Crippen molar-refractivity contribution in [1.29, 1.82) is 0 Å². The molecule has 0 spiro atoms. The van der Waals surface area contributed by atoms with Crippen LogP contribution in [0.4, 0.5) is 0 Å². The van der Waals surface area contributed by atoms with E-state index in [9.17, 15) is 9.59 Å². The number of methoxy groups -OCH3 is 2. The Morgan fingerprint density at radius 2 is 1.32 bits per heavy atom. The maximum atomic E-state index is 12.0. The highest BCUT2D eigenvalue weighted by Crippen LogP contribution is 2.44. The first-order chi connectivity index (χ1) is 11.5. The predicted molar refractivity (Wildman–Crippen MR) is 105 cm³/mol. The summed E-state index contributed by atoms with van der Waals surface area (Å²) in [6, 6.07) is 1.05. The summed E-state index contributed by atoms with van der Waals surface area (Å²) in [7, 11) is 1.05. The van der Waals surface area contributed by atoms with Crippen molar-refractivity contribution in [2.75, 3.05) is 14.2 Å². The highest BCUT2D eigenvalue weighted by Gasteiger charge is 2.43. The van der Waals surface area contributed by atoms with Gasteiger partial charge in [-0.2, -0.15) is 0 Å². The smallest absolute Gasteiger partial charge is 0.323 e. The van der Waals surface area contributed by atoms with Gasteiger partial charge in [-0.3, -0.25) is 9.59 Å². The third-order valence-electron chi connectivity index (χ3n) is 5.70. The van der Waals surface area contributed by atoms with E-state index in [4.69, 9.17) is 9.47 Å². The van der Waals surface area contributed by atoms with E-state index in [-0.39, 0.29) is 6.42 Å². The fourth-order valence-electron chi connectivity index (χ4n) is 3.99. The van der Waals surface area contributed by atoms with Gasteiger partial charge in [0.1, 0.15) is 0 Å². The lowest BCUT2D eigenvalue weighted by atomic mass is 9.87.